The molecule has 1 N–H and O–H groups in total. The summed E-state index contributed by atoms with van der Waals surface area (Å²) in [6.45, 7) is 11.7. The average molecular weight is 697 g/mol. The van der Waals surface area contributed by atoms with Gasteiger partial charge in [0.2, 0.25) is 10.0 Å². The molecule has 0 aliphatic carbocycles. The van der Waals surface area contributed by atoms with Crippen LogP contribution in [0.15, 0.2) is 71.6 Å². The summed E-state index contributed by atoms with van der Waals surface area (Å²) < 4.78 is 58.1. The number of piperidine rings is 1. The van der Waals surface area contributed by atoms with Gasteiger partial charge in [0.05, 0.1) is 55.8 Å². The zero-order valence-corrected chi connectivity index (χ0v) is 30.1. The van der Waals surface area contributed by atoms with Crippen LogP contribution in [-0.4, -0.2) is 96.4 Å². The van der Waals surface area contributed by atoms with Crippen molar-refractivity contribution in [2.75, 3.05) is 71.2 Å². The molecule has 0 saturated carbocycles. The van der Waals surface area contributed by atoms with Crippen LogP contribution in [0.1, 0.15) is 48.4 Å². The Kier molecular flexibility index (Phi) is 13.5. The molecule has 0 radical (unpaired) electrons. The number of aryl methyl sites for hydroxylation is 1. The van der Waals surface area contributed by atoms with Crippen LogP contribution in [0.4, 0.5) is 5.69 Å². The second-order valence-electron chi connectivity index (χ2n) is 13.1. The SMILES string of the molecule is CCOCC(C)COCc1ccc([C@H]2[C@H](O)CN(S(=O)(=O)c3ccc(C)cc3)C[C@@H]2OCc2ccc3c(c2)N(CCCOC)CCO3)cc1. The van der Waals surface area contributed by atoms with Crippen LogP contribution >= 0.6 is 0 Å². The fourth-order valence-corrected chi connectivity index (χ4v) is 7.90. The van der Waals surface area contributed by atoms with Crippen molar-refractivity contribution in [3.8, 4) is 5.75 Å². The van der Waals surface area contributed by atoms with Crippen LogP contribution in [0.5, 0.6) is 5.75 Å². The molecular weight excluding hydrogens is 644 g/mol. The van der Waals surface area contributed by atoms with Crippen molar-refractivity contribution in [2.24, 2.45) is 5.92 Å². The number of benzene rings is 3. The summed E-state index contributed by atoms with van der Waals surface area (Å²) in [7, 11) is -2.15. The number of fused-ring (bicyclic) bond motifs is 1. The summed E-state index contributed by atoms with van der Waals surface area (Å²) in [6, 6.07) is 20.8. The highest BCUT2D eigenvalue weighted by molar-refractivity contribution is 7.89. The molecule has 3 aromatic carbocycles. The first-order valence-corrected chi connectivity index (χ1v) is 18.7. The van der Waals surface area contributed by atoms with Gasteiger partial charge >= 0.3 is 0 Å². The van der Waals surface area contributed by atoms with Crippen molar-refractivity contribution >= 4 is 15.7 Å². The second-order valence-corrected chi connectivity index (χ2v) is 15.0. The van der Waals surface area contributed by atoms with Gasteiger partial charge in [-0.2, -0.15) is 4.31 Å². The zero-order valence-electron chi connectivity index (χ0n) is 29.3. The Morgan fingerprint density at radius 3 is 2.43 bits per heavy atom. The van der Waals surface area contributed by atoms with Crippen molar-refractivity contribution in [3.05, 3.63) is 89.0 Å². The van der Waals surface area contributed by atoms with Gasteiger partial charge < -0.3 is 33.7 Å². The highest BCUT2D eigenvalue weighted by Crippen LogP contribution is 2.36. The molecule has 3 aromatic rings. The summed E-state index contributed by atoms with van der Waals surface area (Å²) in [4.78, 5) is 2.50. The average Bonchev–Trinajstić information content (AvgIpc) is 3.10. The number of nitrogens with zero attached hydrogens (tertiary/aromatic N) is 2. The number of hydrogen-bond acceptors (Lipinski definition) is 9. The van der Waals surface area contributed by atoms with Gasteiger partial charge in [0.25, 0.3) is 0 Å². The molecule has 10 nitrogen and oxygen atoms in total. The Balaban J connectivity index is 1.34. The third-order valence-electron chi connectivity index (χ3n) is 9.11. The molecule has 2 aliphatic heterocycles. The summed E-state index contributed by atoms with van der Waals surface area (Å²) >= 11 is 0. The molecule has 1 fully saturated rings. The third-order valence-corrected chi connectivity index (χ3v) is 11.0. The molecule has 0 amide bonds. The number of β-amino-alcohol motifs (C(OH)–C–C–N with tert-alkyl or cyclic N) is 1. The number of rotatable bonds is 17. The standard InChI is InChI=1S/C38H52N2O8S/c1-5-45-24-29(3)25-46-26-30-9-12-32(13-10-30)38-35(41)22-40(49(42,43)33-14-7-28(2)8-15-33)23-37(38)48-27-31-11-16-36-34(21-31)39(18-20-47-36)17-6-19-44-4/h7-16,21,29,35,37-38,41H,5-6,17-20,22-27H2,1-4H3/t29?,35-,37+,38+/m1/s1. The van der Waals surface area contributed by atoms with Crippen molar-refractivity contribution in [1.82, 2.24) is 4.31 Å². The third kappa shape index (κ3) is 9.82. The summed E-state index contributed by atoms with van der Waals surface area (Å²) in [5.41, 5.74) is 4.84. The van der Waals surface area contributed by atoms with E-state index in [1.165, 1.54) is 4.31 Å². The maximum Gasteiger partial charge on any atom is 0.243 e. The smallest absolute Gasteiger partial charge is 0.243 e. The van der Waals surface area contributed by atoms with Crippen LogP contribution in [0.2, 0.25) is 0 Å². The normalized spacial score (nSPS) is 20.5. The first kappa shape index (κ1) is 37.2. The van der Waals surface area contributed by atoms with E-state index < -0.39 is 28.1 Å². The Bertz CT molecular complexity index is 1570. The molecule has 2 aliphatic rings. The van der Waals surface area contributed by atoms with Gasteiger partial charge in [-0.05, 0) is 61.2 Å². The molecule has 2 heterocycles. The lowest BCUT2D eigenvalue weighted by Crippen LogP contribution is -2.53. The number of aliphatic hydroxyl groups excluding tert-OH is 1. The van der Waals surface area contributed by atoms with E-state index in [2.05, 4.69) is 17.9 Å². The first-order valence-electron chi connectivity index (χ1n) is 17.3. The van der Waals surface area contributed by atoms with Gasteiger partial charge in [-0.25, -0.2) is 8.42 Å². The number of methoxy groups -OCH3 is 1. The van der Waals surface area contributed by atoms with Crippen LogP contribution in [0.3, 0.4) is 0 Å². The highest BCUT2D eigenvalue weighted by atomic mass is 32.2. The molecule has 1 unspecified atom stereocenters. The Labute approximate surface area is 291 Å². The number of hydrogen-bond donors (Lipinski definition) is 1. The predicted molar refractivity (Wildman–Crippen MR) is 190 cm³/mol. The van der Waals surface area contributed by atoms with E-state index in [4.69, 9.17) is 23.7 Å². The molecule has 268 valence electrons. The summed E-state index contributed by atoms with van der Waals surface area (Å²) in [6.07, 6.45) is -0.675. The quantitative estimate of drug-likeness (QED) is 0.192. The van der Waals surface area contributed by atoms with E-state index in [1.807, 2.05) is 50.2 Å². The maximum atomic E-state index is 13.8. The van der Waals surface area contributed by atoms with E-state index in [-0.39, 0.29) is 24.6 Å². The van der Waals surface area contributed by atoms with E-state index in [0.29, 0.717) is 45.6 Å². The van der Waals surface area contributed by atoms with E-state index >= 15 is 0 Å². The van der Waals surface area contributed by atoms with Gasteiger partial charge in [-0.15, -0.1) is 0 Å². The number of sulfonamides is 1. The molecule has 49 heavy (non-hydrogen) atoms. The molecule has 1 saturated heterocycles. The van der Waals surface area contributed by atoms with Crippen LogP contribution in [0, 0.1) is 12.8 Å². The number of aliphatic hydroxyl groups is 1. The van der Waals surface area contributed by atoms with Gasteiger partial charge in [0, 0.05) is 51.8 Å². The lowest BCUT2D eigenvalue weighted by Gasteiger charge is -2.41. The largest absolute Gasteiger partial charge is 0.490 e. The molecule has 11 heteroatoms. The van der Waals surface area contributed by atoms with Crippen molar-refractivity contribution in [2.45, 2.75) is 63.4 Å². The Hall–Kier alpha value is -3.03. The predicted octanol–water partition coefficient (Wildman–Crippen LogP) is 5.15. The van der Waals surface area contributed by atoms with E-state index in [9.17, 15) is 13.5 Å². The molecule has 0 spiro atoms. The number of ether oxygens (including phenoxy) is 5. The zero-order chi connectivity index (χ0) is 34.8. The number of anilines is 1. The first-order chi connectivity index (χ1) is 23.7. The monoisotopic (exact) mass is 696 g/mol. The lowest BCUT2D eigenvalue weighted by molar-refractivity contribution is -0.0534. The Morgan fingerprint density at radius 2 is 1.69 bits per heavy atom. The van der Waals surface area contributed by atoms with Crippen molar-refractivity contribution in [1.29, 1.82) is 0 Å². The summed E-state index contributed by atoms with van der Waals surface area (Å²) in [5, 5.41) is 11.6. The minimum atomic E-state index is -3.86. The molecular formula is C38H52N2O8S. The molecule has 0 bridgehead atoms. The van der Waals surface area contributed by atoms with Gasteiger partial charge in [-0.3, -0.25) is 0 Å². The van der Waals surface area contributed by atoms with Crippen LogP contribution in [-0.2, 0) is 42.2 Å². The second kappa shape index (κ2) is 17.8. The minimum Gasteiger partial charge on any atom is -0.490 e. The van der Waals surface area contributed by atoms with E-state index in [0.717, 1.165) is 53.2 Å². The van der Waals surface area contributed by atoms with Gasteiger partial charge in [-0.1, -0.05) is 55.0 Å². The Morgan fingerprint density at radius 1 is 0.959 bits per heavy atom. The topological polar surface area (TPSA) is 107 Å². The maximum absolute atomic E-state index is 13.8. The van der Waals surface area contributed by atoms with Crippen molar-refractivity contribution in [3.63, 3.8) is 0 Å². The fraction of sp³-hybridized carbons (Fsp3) is 0.526. The molecule has 4 atom stereocenters. The highest BCUT2D eigenvalue weighted by Gasteiger charge is 2.42. The van der Waals surface area contributed by atoms with Crippen molar-refractivity contribution < 1.29 is 37.2 Å². The lowest BCUT2D eigenvalue weighted by atomic mass is 9.85. The van der Waals surface area contributed by atoms with Crippen LogP contribution in [0.25, 0.3) is 0 Å². The fourth-order valence-electron chi connectivity index (χ4n) is 6.43. The summed E-state index contributed by atoms with van der Waals surface area (Å²) in [5.74, 6) is 0.703. The molecule has 0 aromatic heterocycles. The molecule has 5 rings (SSSR count). The van der Waals surface area contributed by atoms with Crippen LogP contribution < -0.4 is 9.64 Å². The van der Waals surface area contributed by atoms with Gasteiger partial charge in [0.1, 0.15) is 12.4 Å². The van der Waals surface area contributed by atoms with E-state index in [1.54, 1.807) is 31.4 Å². The minimum absolute atomic E-state index is 0.0318. The van der Waals surface area contributed by atoms with Gasteiger partial charge in [0.15, 0.2) is 0 Å².